The van der Waals surface area contributed by atoms with E-state index >= 15 is 0 Å². The molecule has 2 aliphatic rings. The quantitative estimate of drug-likeness (QED) is 0.897. The van der Waals surface area contributed by atoms with Crippen molar-refractivity contribution >= 4 is 5.91 Å². The van der Waals surface area contributed by atoms with Crippen molar-refractivity contribution in [3.8, 4) is 5.75 Å². The zero-order valence-electron chi connectivity index (χ0n) is 12.3. The van der Waals surface area contributed by atoms with Crippen molar-refractivity contribution in [2.75, 3.05) is 6.54 Å². The number of hydrogen-bond donors (Lipinski definition) is 1. The number of carbonyl (C=O) groups is 1. The first-order valence-corrected chi connectivity index (χ1v) is 7.29. The molecule has 0 spiro atoms. The van der Waals surface area contributed by atoms with E-state index in [0.29, 0.717) is 13.0 Å². The summed E-state index contributed by atoms with van der Waals surface area (Å²) in [5, 5.41) is 0. The van der Waals surface area contributed by atoms with E-state index in [-0.39, 0.29) is 23.6 Å². The third-order valence-corrected chi connectivity index (χ3v) is 4.25. The number of nitrogens with zero attached hydrogens (tertiary/aromatic N) is 1. The van der Waals surface area contributed by atoms with Gasteiger partial charge in [0.1, 0.15) is 11.4 Å². The van der Waals surface area contributed by atoms with Gasteiger partial charge in [-0.1, -0.05) is 18.2 Å². The normalized spacial score (nSPS) is 27.6. The van der Waals surface area contributed by atoms with E-state index in [4.69, 9.17) is 10.5 Å². The monoisotopic (exact) mass is 274 g/mol. The third-order valence-electron chi connectivity index (χ3n) is 4.25. The molecule has 1 fully saturated rings. The number of rotatable bonds is 2. The Bertz CT molecular complexity index is 553. The molecule has 4 heteroatoms. The van der Waals surface area contributed by atoms with Gasteiger partial charge < -0.3 is 15.4 Å². The molecule has 2 heterocycles. The average molecular weight is 274 g/mol. The molecule has 2 aliphatic heterocycles. The van der Waals surface area contributed by atoms with Gasteiger partial charge in [-0.25, -0.2) is 0 Å². The van der Waals surface area contributed by atoms with E-state index in [1.807, 2.05) is 24.0 Å². The molecule has 2 unspecified atom stereocenters. The van der Waals surface area contributed by atoms with Crippen LogP contribution in [0, 0.1) is 0 Å². The summed E-state index contributed by atoms with van der Waals surface area (Å²) >= 11 is 0. The van der Waals surface area contributed by atoms with Gasteiger partial charge in [0, 0.05) is 31.0 Å². The Balaban J connectivity index is 2.04. The zero-order valence-corrected chi connectivity index (χ0v) is 12.3. The van der Waals surface area contributed by atoms with Crippen molar-refractivity contribution in [3.05, 3.63) is 29.3 Å². The highest BCUT2D eigenvalue weighted by molar-refractivity contribution is 5.80. The van der Waals surface area contributed by atoms with Crippen LogP contribution in [0.15, 0.2) is 18.2 Å². The number of nitrogens with two attached hydrogens (primary N) is 1. The van der Waals surface area contributed by atoms with E-state index in [1.54, 1.807) is 0 Å². The van der Waals surface area contributed by atoms with Crippen LogP contribution in [0.1, 0.15) is 44.4 Å². The maximum atomic E-state index is 12.0. The second kappa shape index (κ2) is 4.48. The lowest BCUT2D eigenvalue weighted by molar-refractivity contribution is -0.128. The Morgan fingerprint density at radius 3 is 2.90 bits per heavy atom. The number of benzene rings is 1. The van der Waals surface area contributed by atoms with Gasteiger partial charge in [0.2, 0.25) is 5.91 Å². The van der Waals surface area contributed by atoms with Crippen molar-refractivity contribution in [1.82, 2.24) is 4.90 Å². The van der Waals surface area contributed by atoms with Crippen molar-refractivity contribution in [2.24, 2.45) is 5.73 Å². The van der Waals surface area contributed by atoms with E-state index in [2.05, 4.69) is 19.9 Å². The van der Waals surface area contributed by atoms with Crippen LogP contribution in [0.5, 0.6) is 5.75 Å². The Labute approximate surface area is 119 Å². The van der Waals surface area contributed by atoms with Gasteiger partial charge in [-0.15, -0.1) is 0 Å². The van der Waals surface area contributed by atoms with Gasteiger partial charge in [0.25, 0.3) is 0 Å². The van der Waals surface area contributed by atoms with Crippen molar-refractivity contribution in [3.63, 3.8) is 0 Å². The lowest BCUT2D eigenvalue weighted by atomic mass is 9.95. The summed E-state index contributed by atoms with van der Waals surface area (Å²) in [7, 11) is 0. The van der Waals surface area contributed by atoms with Crippen LogP contribution in [0.4, 0.5) is 0 Å². The van der Waals surface area contributed by atoms with Crippen LogP contribution >= 0.6 is 0 Å². The molecule has 0 radical (unpaired) electrons. The molecule has 0 aliphatic carbocycles. The summed E-state index contributed by atoms with van der Waals surface area (Å²) in [5.41, 5.74) is 8.31. The lowest BCUT2D eigenvalue weighted by Crippen LogP contribution is -2.33. The second-order valence-corrected chi connectivity index (χ2v) is 6.37. The van der Waals surface area contributed by atoms with Crippen molar-refractivity contribution in [2.45, 2.75) is 51.3 Å². The lowest BCUT2D eigenvalue weighted by Gasteiger charge is -2.28. The molecule has 2 atom stereocenters. The summed E-state index contributed by atoms with van der Waals surface area (Å²) in [6.45, 7) is 6.86. The van der Waals surface area contributed by atoms with Gasteiger partial charge in [-0.05, 0) is 26.3 Å². The van der Waals surface area contributed by atoms with E-state index in [1.165, 1.54) is 5.56 Å². The number of amides is 1. The van der Waals surface area contributed by atoms with Gasteiger partial charge in [-0.3, -0.25) is 4.79 Å². The molecule has 108 valence electrons. The number of hydrogen-bond acceptors (Lipinski definition) is 3. The fourth-order valence-electron chi connectivity index (χ4n) is 3.46. The summed E-state index contributed by atoms with van der Waals surface area (Å²) < 4.78 is 6.12. The molecule has 1 aromatic rings. The molecule has 0 bridgehead atoms. The average Bonchev–Trinajstić information content (AvgIpc) is 2.82. The molecule has 0 aromatic heterocycles. The Hall–Kier alpha value is -1.55. The van der Waals surface area contributed by atoms with E-state index < -0.39 is 0 Å². The minimum absolute atomic E-state index is 0.0589. The van der Waals surface area contributed by atoms with Gasteiger partial charge in [0.15, 0.2) is 0 Å². The maximum absolute atomic E-state index is 12.0. The van der Waals surface area contributed by atoms with Gasteiger partial charge >= 0.3 is 0 Å². The molecule has 1 aromatic carbocycles. The predicted molar refractivity (Wildman–Crippen MR) is 77.6 cm³/mol. The highest BCUT2D eigenvalue weighted by atomic mass is 16.5. The molecule has 4 nitrogen and oxygen atoms in total. The standard InChI is InChI=1S/C16H22N2O2/c1-4-18-13(19)8-12(17)14(18)11-7-5-6-10-9-16(2,3)20-15(10)11/h5-7,12,14H,4,8-9,17H2,1-3H3. The SMILES string of the molecule is CCN1C(=O)CC(N)C1c1cccc2c1OC(C)(C)C2. The fraction of sp³-hybridized carbons (Fsp3) is 0.562. The van der Waals surface area contributed by atoms with Crippen LogP contribution < -0.4 is 10.5 Å². The summed E-state index contributed by atoms with van der Waals surface area (Å²) in [6, 6.07) is 5.98. The Morgan fingerprint density at radius 1 is 1.45 bits per heavy atom. The first-order chi connectivity index (χ1) is 9.43. The Kier molecular flexibility index (Phi) is 3.01. The van der Waals surface area contributed by atoms with Crippen LogP contribution in [-0.4, -0.2) is 29.0 Å². The third kappa shape index (κ3) is 1.99. The fourth-order valence-corrected chi connectivity index (χ4v) is 3.46. The zero-order chi connectivity index (χ0) is 14.5. The van der Waals surface area contributed by atoms with Gasteiger partial charge in [0.05, 0.1) is 6.04 Å². The highest BCUT2D eigenvalue weighted by Crippen LogP contribution is 2.44. The molecule has 0 saturated carbocycles. The van der Waals surface area contributed by atoms with Crippen LogP contribution in [0.3, 0.4) is 0 Å². The molecular formula is C16H22N2O2. The smallest absolute Gasteiger partial charge is 0.224 e. The van der Waals surface area contributed by atoms with Crippen molar-refractivity contribution < 1.29 is 9.53 Å². The molecule has 2 N–H and O–H groups in total. The van der Waals surface area contributed by atoms with E-state index in [9.17, 15) is 4.79 Å². The molecular weight excluding hydrogens is 252 g/mol. The maximum Gasteiger partial charge on any atom is 0.224 e. The van der Waals surface area contributed by atoms with Gasteiger partial charge in [-0.2, -0.15) is 0 Å². The number of fused-ring (bicyclic) bond motifs is 1. The van der Waals surface area contributed by atoms with E-state index in [0.717, 1.165) is 17.7 Å². The molecule has 20 heavy (non-hydrogen) atoms. The van der Waals surface area contributed by atoms with Crippen LogP contribution in [-0.2, 0) is 11.2 Å². The Morgan fingerprint density at radius 2 is 2.20 bits per heavy atom. The summed E-state index contributed by atoms with van der Waals surface area (Å²) in [5.74, 6) is 1.07. The number of likely N-dealkylation sites (N-methyl/N-ethyl adjacent to an activating group) is 1. The molecule has 1 saturated heterocycles. The van der Waals surface area contributed by atoms with Crippen molar-refractivity contribution in [1.29, 1.82) is 0 Å². The number of likely N-dealkylation sites (tertiary alicyclic amines) is 1. The predicted octanol–water partition coefficient (Wildman–Crippen LogP) is 2.02. The minimum atomic E-state index is -0.178. The largest absolute Gasteiger partial charge is 0.487 e. The van der Waals surface area contributed by atoms with Crippen LogP contribution in [0.25, 0.3) is 0 Å². The second-order valence-electron chi connectivity index (χ2n) is 6.37. The number of para-hydroxylation sites is 1. The van der Waals surface area contributed by atoms with Crippen LogP contribution in [0.2, 0.25) is 0 Å². The highest BCUT2D eigenvalue weighted by Gasteiger charge is 2.41. The number of ether oxygens (including phenoxy) is 1. The topological polar surface area (TPSA) is 55.6 Å². The molecule has 1 amide bonds. The minimum Gasteiger partial charge on any atom is -0.487 e. The summed E-state index contributed by atoms with van der Waals surface area (Å²) in [6.07, 6.45) is 1.32. The summed E-state index contributed by atoms with van der Waals surface area (Å²) in [4.78, 5) is 13.9. The molecule has 3 rings (SSSR count). The number of carbonyl (C=O) groups excluding carboxylic acids is 1. The first-order valence-electron chi connectivity index (χ1n) is 7.29. The first kappa shape index (κ1) is 13.4.